The molecule has 1 amide bonds. The molecule has 2 N–H and O–H groups in total. The Hall–Kier alpha value is -2.88. The highest BCUT2D eigenvalue weighted by Gasteiger charge is 2.39. The van der Waals surface area contributed by atoms with E-state index in [1.807, 2.05) is 36.4 Å². The summed E-state index contributed by atoms with van der Waals surface area (Å²) in [5, 5.41) is 13.0. The Morgan fingerprint density at radius 3 is 2.10 bits per heavy atom. The molecule has 0 bridgehead atoms. The number of rotatable bonds is 2. The number of aliphatic hydroxyl groups is 1. The lowest BCUT2D eigenvalue weighted by molar-refractivity contribution is -0.133. The van der Waals surface area contributed by atoms with Crippen LogP contribution in [-0.4, -0.2) is 16.8 Å². The summed E-state index contributed by atoms with van der Waals surface area (Å²) in [6.45, 7) is 0. The lowest BCUT2D eigenvalue weighted by Crippen LogP contribution is -2.21. The summed E-state index contributed by atoms with van der Waals surface area (Å²) >= 11 is 0. The Morgan fingerprint density at radius 1 is 0.905 bits per heavy atom. The lowest BCUT2D eigenvalue weighted by Gasteiger charge is -2.13. The van der Waals surface area contributed by atoms with Crippen LogP contribution in [0.3, 0.4) is 0 Å². The topological polar surface area (TPSA) is 66.4 Å². The van der Waals surface area contributed by atoms with Gasteiger partial charge in [0.1, 0.15) is 5.76 Å². The van der Waals surface area contributed by atoms with Crippen molar-refractivity contribution in [3.05, 3.63) is 77.4 Å². The van der Waals surface area contributed by atoms with Gasteiger partial charge in [-0.1, -0.05) is 60.7 Å². The third-order valence-corrected chi connectivity index (χ3v) is 3.45. The van der Waals surface area contributed by atoms with Crippen LogP contribution in [0.5, 0.6) is 0 Å². The van der Waals surface area contributed by atoms with Crippen LogP contribution in [0.4, 0.5) is 0 Å². The summed E-state index contributed by atoms with van der Waals surface area (Å²) in [7, 11) is 0. The average Bonchev–Trinajstić information content (AvgIpc) is 2.84. The Labute approximate surface area is 121 Å². The third kappa shape index (κ3) is 2.31. The van der Waals surface area contributed by atoms with Gasteiger partial charge in [0, 0.05) is 5.56 Å². The Kier molecular flexibility index (Phi) is 3.28. The number of carbonyl (C=O) groups is 2. The van der Waals surface area contributed by atoms with Gasteiger partial charge in [-0.05, 0) is 5.56 Å². The minimum atomic E-state index is -0.693. The molecule has 21 heavy (non-hydrogen) atoms. The molecule has 1 aliphatic rings. The van der Waals surface area contributed by atoms with Crippen LogP contribution in [0.2, 0.25) is 0 Å². The van der Waals surface area contributed by atoms with Crippen molar-refractivity contribution >= 4 is 17.4 Å². The summed E-state index contributed by atoms with van der Waals surface area (Å²) in [6, 6.07) is 17.2. The highest BCUT2D eigenvalue weighted by molar-refractivity contribution is 6.46. The fourth-order valence-corrected chi connectivity index (χ4v) is 2.41. The number of aliphatic hydroxyl groups excluding tert-OH is 1. The van der Waals surface area contributed by atoms with Gasteiger partial charge >= 0.3 is 0 Å². The largest absolute Gasteiger partial charge is 0.507 e. The quantitative estimate of drug-likeness (QED) is 0.504. The van der Waals surface area contributed by atoms with Gasteiger partial charge in [0.05, 0.1) is 11.6 Å². The molecule has 1 fully saturated rings. The standard InChI is InChI=1S/C17H13NO3/c19-15(12-9-5-2-6-10-12)13-14(18-17(21)16(13)20)11-7-3-1-4-8-11/h1-10,14,19H,(H,18,21)/t14-/m1/s1. The van der Waals surface area contributed by atoms with Crippen molar-refractivity contribution < 1.29 is 14.7 Å². The zero-order valence-corrected chi connectivity index (χ0v) is 11.1. The average molecular weight is 279 g/mol. The first-order valence-corrected chi connectivity index (χ1v) is 6.57. The van der Waals surface area contributed by atoms with E-state index in [2.05, 4.69) is 5.32 Å². The van der Waals surface area contributed by atoms with Crippen LogP contribution in [0.1, 0.15) is 17.2 Å². The van der Waals surface area contributed by atoms with Gasteiger partial charge in [-0.3, -0.25) is 9.59 Å². The van der Waals surface area contributed by atoms with Crippen molar-refractivity contribution in [3.63, 3.8) is 0 Å². The van der Waals surface area contributed by atoms with Gasteiger partial charge in [0.25, 0.3) is 11.7 Å². The van der Waals surface area contributed by atoms with Crippen LogP contribution in [0, 0.1) is 0 Å². The number of Topliss-reactive ketones (excluding diaryl/α,β-unsaturated/α-hetero) is 1. The normalized spacial score (nSPS) is 20.3. The van der Waals surface area contributed by atoms with E-state index in [1.165, 1.54) is 0 Å². The second-order valence-electron chi connectivity index (χ2n) is 4.77. The molecule has 104 valence electrons. The first-order valence-electron chi connectivity index (χ1n) is 6.57. The van der Waals surface area contributed by atoms with Crippen molar-refractivity contribution in [1.29, 1.82) is 0 Å². The molecule has 0 unspecified atom stereocenters. The van der Waals surface area contributed by atoms with Gasteiger partial charge < -0.3 is 10.4 Å². The molecule has 1 aliphatic heterocycles. The van der Waals surface area contributed by atoms with Gasteiger partial charge in [-0.2, -0.15) is 0 Å². The van der Waals surface area contributed by atoms with E-state index < -0.39 is 17.7 Å². The number of ketones is 1. The molecule has 2 aromatic carbocycles. The van der Waals surface area contributed by atoms with E-state index in [9.17, 15) is 14.7 Å². The minimum absolute atomic E-state index is 0.0948. The molecule has 2 aromatic rings. The molecule has 0 aromatic heterocycles. The molecule has 4 nitrogen and oxygen atoms in total. The van der Waals surface area contributed by atoms with Crippen molar-refractivity contribution in [3.8, 4) is 0 Å². The molecular weight excluding hydrogens is 266 g/mol. The van der Waals surface area contributed by atoms with Gasteiger partial charge in [-0.15, -0.1) is 0 Å². The maximum atomic E-state index is 12.1. The zero-order chi connectivity index (χ0) is 14.8. The molecular formula is C17H13NO3. The van der Waals surface area contributed by atoms with E-state index in [-0.39, 0.29) is 11.3 Å². The lowest BCUT2D eigenvalue weighted by atomic mass is 9.96. The smallest absolute Gasteiger partial charge is 0.293 e. The molecule has 0 radical (unpaired) electrons. The number of nitrogens with one attached hydrogen (secondary N) is 1. The fourth-order valence-electron chi connectivity index (χ4n) is 2.41. The first kappa shape index (κ1) is 13.1. The Balaban J connectivity index is 2.13. The molecule has 0 saturated carbocycles. The maximum absolute atomic E-state index is 12.1. The fraction of sp³-hybridized carbons (Fsp3) is 0.0588. The third-order valence-electron chi connectivity index (χ3n) is 3.45. The molecule has 1 atom stereocenters. The second-order valence-corrected chi connectivity index (χ2v) is 4.77. The van der Waals surface area contributed by atoms with Crippen LogP contribution in [-0.2, 0) is 9.59 Å². The molecule has 0 spiro atoms. The predicted molar refractivity (Wildman–Crippen MR) is 78.3 cm³/mol. The number of amides is 1. The van der Waals surface area contributed by atoms with Crippen LogP contribution < -0.4 is 5.32 Å². The summed E-state index contributed by atoms with van der Waals surface area (Å²) in [4.78, 5) is 23.8. The van der Waals surface area contributed by atoms with E-state index in [0.717, 1.165) is 5.56 Å². The van der Waals surface area contributed by atoms with Crippen molar-refractivity contribution in [2.24, 2.45) is 0 Å². The van der Waals surface area contributed by atoms with Crippen molar-refractivity contribution in [2.75, 3.05) is 0 Å². The van der Waals surface area contributed by atoms with E-state index >= 15 is 0 Å². The monoisotopic (exact) mass is 279 g/mol. The van der Waals surface area contributed by atoms with Gasteiger partial charge in [0.2, 0.25) is 0 Å². The number of hydrogen-bond donors (Lipinski definition) is 2. The highest BCUT2D eigenvalue weighted by Crippen LogP contribution is 2.32. The molecule has 4 heteroatoms. The Morgan fingerprint density at radius 2 is 1.48 bits per heavy atom. The SMILES string of the molecule is O=C1N[C@H](c2ccccc2)C(=C(O)c2ccccc2)C1=O. The van der Waals surface area contributed by atoms with Gasteiger partial charge in [-0.25, -0.2) is 0 Å². The minimum Gasteiger partial charge on any atom is -0.507 e. The summed E-state index contributed by atoms with van der Waals surface area (Å²) in [5.74, 6) is -1.54. The molecule has 3 rings (SSSR count). The summed E-state index contributed by atoms with van der Waals surface area (Å²) in [5.41, 5.74) is 1.37. The molecule has 1 saturated heterocycles. The summed E-state index contributed by atoms with van der Waals surface area (Å²) in [6.07, 6.45) is 0. The molecule has 1 heterocycles. The predicted octanol–water partition coefficient (Wildman–Crippen LogP) is 2.40. The highest BCUT2D eigenvalue weighted by atomic mass is 16.3. The number of carbonyl (C=O) groups excluding carboxylic acids is 2. The van der Waals surface area contributed by atoms with E-state index in [1.54, 1.807) is 24.3 Å². The Bertz CT molecular complexity index is 720. The van der Waals surface area contributed by atoms with E-state index in [0.29, 0.717) is 5.56 Å². The zero-order valence-electron chi connectivity index (χ0n) is 11.1. The van der Waals surface area contributed by atoms with Gasteiger partial charge in [0.15, 0.2) is 0 Å². The summed E-state index contributed by atoms with van der Waals surface area (Å²) < 4.78 is 0. The maximum Gasteiger partial charge on any atom is 0.293 e. The van der Waals surface area contributed by atoms with Crippen LogP contribution in [0.25, 0.3) is 5.76 Å². The van der Waals surface area contributed by atoms with E-state index in [4.69, 9.17) is 0 Å². The number of benzene rings is 2. The van der Waals surface area contributed by atoms with Crippen molar-refractivity contribution in [1.82, 2.24) is 5.32 Å². The number of hydrogen-bond acceptors (Lipinski definition) is 3. The van der Waals surface area contributed by atoms with Crippen molar-refractivity contribution in [2.45, 2.75) is 6.04 Å². The molecule has 0 aliphatic carbocycles. The van der Waals surface area contributed by atoms with Crippen LogP contribution in [0.15, 0.2) is 66.2 Å². The second kappa shape index (κ2) is 5.25. The van der Waals surface area contributed by atoms with Crippen LogP contribution >= 0.6 is 0 Å². The first-order chi connectivity index (χ1) is 10.2.